The molecule has 0 rings (SSSR count). The second-order valence-corrected chi connectivity index (χ2v) is 1.92. The summed E-state index contributed by atoms with van der Waals surface area (Å²) in [4.78, 5) is 0. The van der Waals surface area contributed by atoms with Gasteiger partial charge in [0, 0.05) is 12.5 Å². The molecule has 0 aromatic heterocycles. The van der Waals surface area contributed by atoms with E-state index in [1.807, 2.05) is 6.92 Å². The molecule has 0 amide bonds. The Balaban J connectivity index is 3.25. The molecule has 2 heteroatoms. The lowest BCUT2D eigenvalue weighted by Gasteiger charge is -2.05. The van der Waals surface area contributed by atoms with Crippen molar-refractivity contribution in [2.45, 2.75) is 19.4 Å². The average Bonchev–Trinajstić information content (AvgIpc) is 1.65. The number of methoxy groups -OCH3 is 1. The smallest absolute Gasteiger partial charge is 0.0899 e. The Morgan fingerprint density at radius 1 is 1.88 bits per heavy atom. The minimum absolute atomic E-state index is 0.155. The maximum absolute atomic E-state index is 5.43. The molecule has 8 heavy (non-hydrogen) atoms. The van der Waals surface area contributed by atoms with E-state index in [0.717, 1.165) is 12.2 Å². The fourth-order valence-electron chi connectivity index (χ4n) is 0.442. The molecule has 2 nitrogen and oxygen atoms in total. The third-order valence-electron chi connectivity index (χ3n) is 0.838. The van der Waals surface area contributed by atoms with Crippen LogP contribution in [0.1, 0.15) is 13.3 Å². The normalized spacial score (nSPS) is 12.9. The van der Waals surface area contributed by atoms with Crippen molar-refractivity contribution in [3.8, 4) is 0 Å². The highest BCUT2D eigenvalue weighted by Crippen LogP contribution is 1.99. The third-order valence-corrected chi connectivity index (χ3v) is 0.838. The summed E-state index contributed by atoms with van der Waals surface area (Å²) < 4.78 is 4.79. The first-order chi connectivity index (χ1) is 3.66. The molecule has 0 radical (unpaired) electrons. The van der Waals surface area contributed by atoms with Gasteiger partial charge in [-0.05, 0) is 6.92 Å². The van der Waals surface area contributed by atoms with Gasteiger partial charge in [-0.2, -0.15) is 0 Å². The molecular weight excluding hydrogens is 102 g/mol. The van der Waals surface area contributed by atoms with E-state index >= 15 is 0 Å². The van der Waals surface area contributed by atoms with Crippen LogP contribution < -0.4 is 5.73 Å². The van der Waals surface area contributed by atoms with Gasteiger partial charge < -0.3 is 10.5 Å². The van der Waals surface area contributed by atoms with Crippen LogP contribution in [-0.4, -0.2) is 13.2 Å². The number of nitrogens with two attached hydrogens (primary N) is 1. The third kappa shape index (κ3) is 3.68. The summed E-state index contributed by atoms with van der Waals surface area (Å²) in [6, 6.07) is 0.155. The standard InChI is InChI=1S/C6H13NO/c1-5(7)4-6(2)8-3/h5H,2,4,7H2,1,3H3/t5-/m1/s1. The zero-order valence-electron chi connectivity index (χ0n) is 5.48. The van der Waals surface area contributed by atoms with Crippen LogP contribution in [0.3, 0.4) is 0 Å². The van der Waals surface area contributed by atoms with Crippen molar-refractivity contribution in [3.63, 3.8) is 0 Å². The van der Waals surface area contributed by atoms with Crippen LogP contribution in [-0.2, 0) is 4.74 Å². The molecule has 48 valence electrons. The fourth-order valence-corrected chi connectivity index (χ4v) is 0.442. The summed E-state index contributed by atoms with van der Waals surface area (Å²) in [6.07, 6.45) is 0.747. The van der Waals surface area contributed by atoms with Gasteiger partial charge in [0.05, 0.1) is 12.9 Å². The monoisotopic (exact) mass is 115 g/mol. The number of hydrogen-bond donors (Lipinski definition) is 1. The minimum Gasteiger partial charge on any atom is -0.502 e. The van der Waals surface area contributed by atoms with Crippen molar-refractivity contribution in [3.05, 3.63) is 12.3 Å². The molecule has 0 unspecified atom stereocenters. The molecule has 0 spiro atoms. The van der Waals surface area contributed by atoms with E-state index in [-0.39, 0.29) is 6.04 Å². The molecule has 2 N–H and O–H groups in total. The predicted octanol–water partition coefficient (Wildman–Crippen LogP) is 0.884. The molecule has 0 saturated carbocycles. The van der Waals surface area contributed by atoms with E-state index < -0.39 is 0 Å². The largest absolute Gasteiger partial charge is 0.502 e. The van der Waals surface area contributed by atoms with Gasteiger partial charge in [-0.25, -0.2) is 0 Å². The van der Waals surface area contributed by atoms with E-state index in [9.17, 15) is 0 Å². The number of rotatable bonds is 3. The Hall–Kier alpha value is -0.500. The first-order valence-corrected chi connectivity index (χ1v) is 2.64. The van der Waals surface area contributed by atoms with E-state index in [4.69, 9.17) is 10.5 Å². The van der Waals surface area contributed by atoms with E-state index in [0.29, 0.717) is 0 Å². The van der Waals surface area contributed by atoms with Gasteiger partial charge in [0.2, 0.25) is 0 Å². The topological polar surface area (TPSA) is 35.2 Å². The lowest BCUT2D eigenvalue weighted by atomic mass is 10.2. The Labute approximate surface area is 50.3 Å². The Bertz CT molecular complexity index is 78.6. The van der Waals surface area contributed by atoms with Crippen LogP contribution in [0.4, 0.5) is 0 Å². The van der Waals surface area contributed by atoms with Crippen LogP contribution in [0.25, 0.3) is 0 Å². The van der Waals surface area contributed by atoms with Gasteiger partial charge in [0.25, 0.3) is 0 Å². The molecule has 0 aliphatic rings. The van der Waals surface area contributed by atoms with Gasteiger partial charge >= 0.3 is 0 Å². The van der Waals surface area contributed by atoms with Crippen molar-refractivity contribution < 1.29 is 4.74 Å². The van der Waals surface area contributed by atoms with Crippen LogP contribution in [0.15, 0.2) is 12.3 Å². The highest BCUT2D eigenvalue weighted by Gasteiger charge is 1.95. The molecule has 0 fully saturated rings. The van der Waals surface area contributed by atoms with Crippen molar-refractivity contribution in [1.29, 1.82) is 0 Å². The average molecular weight is 115 g/mol. The van der Waals surface area contributed by atoms with Crippen LogP contribution in [0.5, 0.6) is 0 Å². The Morgan fingerprint density at radius 2 is 2.38 bits per heavy atom. The SMILES string of the molecule is C=C(C[C@@H](C)N)OC. The van der Waals surface area contributed by atoms with Gasteiger partial charge in [0.1, 0.15) is 0 Å². The fraction of sp³-hybridized carbons (Fsp3) is 0.667. The van der Waals surface area contributed by atoms with E-state index in [1.165, 1.54) is 0 Å². The van der Waals surface area contributed by atoms with Crippen LogP contribution in [0.2, 0.25) is 0 Å². The molecule has 0 heterocycles. The van der Waals surface area contributed by atoms with Crippen molar-refractivity contribution in [2.75, 3.05) is 7.11 Å². The highest BCUT2D eigenvalue weighted by molar-refractivity contribution is 4.84. The lowest BCUT2D eigenvalue weighted by Crippen LogP contribution is -2.15. The van der Waals surface area contributed by atoms with E-state index in [2.05, 4.69) is 6.58 Å². The van der Waals surface area contributed by atoms with Crippen molar-refractivity contribution in [2.24, 2.45) is 5.73 Å². The Morgan fingerprint density at radius 3 is 2.50 bits per heavy atom. The summed E-state index contributed by atoms with van der Waals surface area (Å²) in [7, 11) is 1.60. The molecular formula is C6H13NO. The van der Waals surface area contributed by atoms with Gasteiger partial charge in [-0.3, -0.25) is 0 Å². The Kier molecular flexibility index (Phi) is 3.28. The predicted molar refractivity (Wildman–Crippen MR) is 34.4 cm³/mol. The second kappa shape index (κ2) is 3.50. The molecule has 0 bridgehead atoms. The van der Waals surface area contributed by atoms with Gasteiger partial charge in [-0.1, -0.05) is 6.58 Å². The van der Waals surface area contributed by atoms with Gasteiger partial charge in [-0.15, -0.1) is 0 Å². The summed E-state index contributed by atoms with van der Waals surface area (Å²) in [5.41, 5.74) is 5.43. The zero-order valence-corrected chi connectivity index (χ0v) is 5.48. The second-order valence-electron chi connectivity index (χ2n) is 1.92. The summed E-state index contributed by atoms with van der Waals surface area (Å²) in [5.74, 6) is 0.750. The molecule has 0 aliphatic heterocycles. The first-order valence-electron chi connectivity index (χ1n) is 2.64. The zero-order chi connectivity index (χ0) is 6.57. The highest BCUT2D eigenvalue weighted by atomic mass is 16.5. The van der Waals surface area contributed by atoms with E-state index in [1.54, 1.807) is 7.11 Å². The number of hydrogen-bond acceptors (Lipinski definition) is 2. The maximum atomic E-state index is 5.43. The summed E-state index contributed by atoms with van der Waals surface area (Å²) >= 11 is 0. The van der Waals surface area contributed by atoms with Crippen LogP contribution in [0, 0.1) is 0 Å². The molecule has 0 aliphatic carbocycles. The summed E-state index contributed by atoms with van der Waals surface area (Å²) in [5, 5.41) is 0. The van der Waals surface area contributed by atoms with Crippen LogP contribution >= 0.6 is 0 Å². The first kappa shape index (κ1) is 7.50. The quantitative estimate of drug-likeness (QED) is 0.554. The van der Waals surface area contributed by atoms with Gasteiger partial charge in [0.15, 0.2) is 0 Å². The minimum atomic E-state index is 0.155. The number of ether oxygens (including phenoxy) is 1. The van der Waals surface area contributed by atoms with Crippen molar-refractivity contribution in [1.82, 2.24) is 0 Å². The molecule has 1 atom stereocenters. The maximum Gasteiger partial charge on any atom is 0.0899 e. The van der Waals surface area contributed by atoms with Crippen molar-refractivity contribution >= 4 is 0 Å². The summed E-state index contributed by atoms with van der Waals surface area (Å²) in [6.45, 7) is 5.53. The molecule has 0 aromatic rings. The lowest BCUT2D eigenvalue weighted by molar-refractivity contribution is 0.274. The molecule has 0 saturated heterocycles. The molecule has 0 aromatic carbocycles.